The normalized spacial score (nSPS) is 16.8. The number of fused-ring (bicyclic) bond motifs is 2. The van der Waals surface area contributed by atoms with Crippen molar-refractivity contribution < 1.29 is 19.1 Å². The van der Waals surface area contributed by atoms with Gasteiger partial charge in [-0.2, -0.15) is 9.97 Å². The number of nitrogens with one attached hydrogen (secondary N) is 1. The lowest BCUT2D eigenvalue weighted by Crippen LogP contribution is -2.33. The lowest BCUT2D eigenvalue weighted by molar-refractivity contribution is 0.0808. The predicted molar refractivity (Wildman–Crippen MR) is 279 cm³/mol. The van der Waals surface area contributed by atoms with Crippen molar-refractivity contribution in [2.75, 3.05) is 91.7 Å². The highest BCUT2D eigenvalue weighted by Crippen LogP contribution is 2.36. The number of amides is 2. The molecule has 2 aliphatic carbocycles. The molecule has 0 atom stereocenters. The van der Waals surface area contributed by atoms with Gasteiger partial charge < -0.3 is 39.5 Å². The number of nitrogen functional groups attached to an aromatic ring is 1. The summed E-state index contributed by atoms with van der Waals surface area (Å²) in [6.45, 7) is 8.11. The van der Waals surface area contributed by atoms with Crippen LogP contribution < -0.4 is 20.5 Å². The highest BCUT2D eigenvalue weighted by atomic mass is 35.5. The number of nitrogens with two attached hydrogens (primary N) is 1. The molecule has 0 bridgehead atoms. The maximum atomic E-state index is 12.9. The van der Waals surface area contributed by atoms with Gasteiger partial charge in [0.15, 0.2) is 0 Å². The molecule has 0 radical (unpaired) electrons. The molecule has 10 rings (SSSR count). The summed E-state index contributed by atoms with van der Waals surface area (Å²) in [7, 11) is 7.09. The summed E-state index contributed by atoms with van der Waals surface area (Å²) < 4.78 is 15.7. The van der Waals surface area contributed by atoms with Crippen LogP contribution in [0, 0.1) is 0 Å². The summed E-state index contributed by atoms with van der Waals surface area (Å²) in [5.74, 6) is 3.18. The summed E-state index contributed by atoms with van der Waals surface area (Å²) in [5.41, 5.74) is 8.40. The van der Waals surface area contributed by atoms with Crippen molar-refractivity contribution in [1.29, 1.82) is 0 Å². The zero-order valence-electron chi connectivity index (χ0n) is 41.9. The minimum absolute atomic E-state index is 0.00831. The molecule has 3 N–H and O–H groups in total. The van der Waals surface area contributed by atoms with Crippen molar-refractivity contribution in [2.24, 2.45) is 0 Å². The van der Waals surface area contributed by atoms with Crippen molar-refractivity contribution >= 4 is 63.1 Å². The third-order valence-corrected chi connectivity index (χ3v) is 13.9. The molecule has 380 valence electrons. The number of halogens is 1. The minimum atomic E-state index is -0.0121. The van der Waals surface area contributed by atoms with Crippen LogP contribution in [0.25, 0.3) is 22.1 Å². The van der Waals surface area contributed by atoms with Gasteiger partial charge in [0.25, 0.3) is 11.8 Å². The molecule has 4 fully saturated rings. The molecule has 6 aromatic rings. The number of piperidine rings is 2. The first-order chi connectivity index (χ1) is 34.5. The lowest BCUT2D eigenvalue weighted by Gasteiger charge is -2.26. The second-order valence-electron chi connectivity index (χ2n) is 19.4. The fourth-order valence-electron chi connectivity index (χ4n) is 9.99. The van der Waals surface area contributed by atoms with Gasteiger partial charge in [-0.1, -0.05) is 38.5 Å². The number of aromatic nitrogens is 8. The number of nitrogens with zero attached hydrogens (tertiary/aromatic N) is 12. The average molecular weight is 992 g/mol. The van der Waals surface area contributed by atoms with Crippen LogP contribution in [-0.4, -0.2) is 151 Å². The van der Waals surface area contributed by atoms with Crippen molar-refractivity contribution in [3.8, 4) is 11.5 Å². The van der Waals surface area contributed by atoms with Crippen LogP contribution in [0.4, 0.5) is 17.6 Å². The van der Waals surface area contributed by atoms with Crippen LogP contribution in [0.5, 0.6) is 11.5 Å². The van der Waals surface area contributed by atoms with Gasteiger partial charge in [-0.3, -0.25) is 19.4 Å². The van der Waals surface area contributed by atoms with E-state index in [1.807, 2.05) is 30.3 Å². The minimum Gasteiger partial charge on any atom is -0.491 e. The summed E-state index contributed by atoms with van der Waals surface area (Å²) in [4.78, 5) is 59.5. The number of hydrogen-bond acceptors (Lipinski definition) is 14. The van der Waals surface area contributed by atoms with E-state index in [0.717, 1.165) is 78.9 Å². The smallest absolute Gasteiger partial charge is 0.270 e. The Balaban J connectivity index is 0.000000158. The fourth-order valence-corrected chi connectivity index (χ4v) is 10.1. The Morgan fingerprint density at radius 3 is 1.56 bits per heavy atom. The van der Waals surface area contributed by atoms with Crippen LogP contribution in [-0.2, 0) is 0 Å². The van der Waals surface area contributed by atoms with Crippen LogP contribution in [0.2, 0.25) is 5.28 Å². The summed E-state index contributed by atoms with van der Waals surface area (Å²) in [6.07, 6.45) is 23.8. The zero-order valence-corrected chi connectivity index (χ0v) is 42.7. The van der Waals surface area contributed by atoms with E-state index in [0.29, 0.717) is 41.6 Å². The van der Waals surface area contributed by atoms with E-state index in [-0.39, 0.29) is 23.1 Å². The number of carbonyl (C=O) groups is 2. The Kier molecular flexibility index (Phi) is 17.9. The Labute approximate surface area is 422 Å². The van der Waals surface area contributed by atoms with Gasteiger partial charge >= 0.3 is 0 Å². The van der Waals surface area contributed by atoms with Crippen LogP contribution in [0.15, 0.2) is 61.2 Å². The monoisotopic (exact) mass is 991 g/mol. The van der Waals surface area contributed by atoms with E-state index in [2.05, 4.69) is 49.2 Å². The van der Waals surface area contributed by atoms with Crippen LogP contribution in [0.1, 0.15) is 123 Å². The molecule has 2 amide bonds. The molecule has 4 aliphatic rings. The second-order valence-corrected chi connectivity index (χ2v) is 19.7. The van der Waals surface area contributed by atoms with Crippen LogP contribution >= 0.6 is 11.6 Å². The molecule has 6 aromatic heterocycles. The Morgan fingerprint density at radius 2 is 1.10 bits per heavy atom. The van der Waals surface area contributed by atoms with Gasteiger partial charge in [-0.15, -0.1) is 0 Å². The van der Waals surface area contributed by atoms with Gasteiger partial charge in [0.2, 0.25) is 11.2 Å². The standard InChI is InChI=1S/C26H35N7O2.C14H17ClN4O.C12H19N3O/c1-31(2)25(34)22-16-19-17-28-26(30-24(19)33(22)20-8-4-5-9-20)29-23-11-10-21(18-27-23)35-15-14-32-12-6-3-7-13-32;1-18(2)13(20)11-7-9-8-16-14(15)17-12(9)19(11)10-5-3-4-6-10;13-12-5-4-11(10-14-12)16-9-8-15-6-2-1-3-7-15/h10-11,16-18,20H,3-9,12-15H2,1-2H3,(H,27,28,29,30);7-8,10H,3-6H2,1-2H3;4-5,10H,1-3,6-9H2,(H2,13,14). The first-order valence-corrected chi connectivity index (χ1v) is 25.9. The molecule has 19 heteroatoms. The fraction of sp³-hybridized carbons (Fsp3) is 0.538. The van der Waals surface area contributed by atoms with Crippen molar-refractivity contribution in [1.82, 2.24) is 58.6 Å². The van der Waals surface area contributed by atoms with Gasteiger partial charge in [-0.05, 0) is 126 Å². The van der Waals surface area contributed by atoms with E-state index in [4.69, 9.17) is 31.8 Å². The number of pyridine rings is 2. The van der Waals surface area contributed by atoms with Gasteiger partial charge in [0.05, 0.1) is 12.4 Å². The first-order valence-electron chi connectivity index (χ1n) is 25.5. The largest absolute Gasteiger partial charge is 0.491 e. The summed E-state index contributed by atoms with van der Waals surface area (Å²) >= 11 is 5.92. The average Bonchev–Trinajstić information content (AvgIpc) is 4.23. The molecule has 2 saturated carbocycles. The van der Waals surface area contributed by atoms with Gasteiger partial charge in [0.1, 0.15) is 59.0 Å². The molecule has 71 heavy (non-hydrogen) atoms. The van der Waals surface area contributed by atoms with Gasteiger partial charge in [-0.25, -0.2) is 19.9 Å². The topological polar surface area (TPSA) is 191 Å². The summed E-state index contributed by atoms with van der Waals surface area (Å²) in [6, 6.07) is 11.8. The summed E-state index contributed by atoms with van der Waals surface area (Å²) in [5, 5.41) is 5.17. The number of rotatable bonds is 14. The molecule has 2 aliphatic heterocycles. The highest BCUT2D eigenvalue weighted by Gasteiger charge is 2.28. The van der Waals surface area contributed by atoms with E-state index < -0.39 is 0 Å². The zero-order chi connectivity index (χ0) is 49.7. The molecule has 0 spiro atoms. The third-order valence-electron chi connectivity index (χ3n) is 13.7. The highest BCUT2D eigenvalue weighted by molar-refractivity contribution is 6.28. The van der Waals surface area contributed by atoms with E-state index in [1.165, 1.54) is 90.4 Å². The van der Waals surface area contributed by atoms with Crippen molar-refractivity contribution in [3.63, 3.8) is 0 Å². The Morgan fingerprint density at radius 1 is 0.620 bits per heavy atom. The van der Waals surface area contributed by atoms with Crippen LogP contribution in [0.3, 0.4) is 0 Å². The van der Waals surface area contributed by atoms with E-state index >= 15 is 0 Å². The third kappa shape index (κ3) is 13.7. The molecule has 2 saturated heterocycles. The first kappa shape index (κ1) is 51.3. The second kappa shape index (κ2) is 24.8. The van der Waals surface area contributed by atoms with E-state index in [1.54, 1.807) is 68.8 Å². The molecular formula is C52H71ClN14O4. The Hall–Kier alpha value is -6.11. The lowest BCUT2D eigenvalue weighted by atomic mass is 10.1. The van der Waals surface area contributed by atoms with Gasteiger partial charge in [0, 0.05) is 76.5 Å². The quantitative estimate of drug-likeness (QED) is 0.0986. The van der Waals surface area contributed by atoms with Crippen molar-refractivity contribution in [3.05, 3.63) is 77.9 Å². The number of hydrogen-bond donors (Lipinski definition) is 2. The van der Waals surface area contributed by atoms with E-state index in [9.17, 15) is 9.59 Å². The maximum Gasteiger partial charge on any atom is 0.270 e. The maximum absolute atomic E-state index is 12.9. The Bertz CT molecular complexity index is 2650. The molecule has 18 nitrogen and oxygen atoms in total. The number of ether oxygens (including phenoxy) is 2. The molecule has 0 unspecified atom stereocenters. The molecular weight excluding hydrogens is 920 g/mol. The molecule has 0 aromatic carbocycles. The van der Waals surface area contributed by atoms with Crippen molar-refractivity contribution in [2.45, 2.75) is 102 Å². The SMILES string of the molecule is CN(C)C(=O)c1cc2cnc(Cl)nc2n1C1CCCC1.CN(C)C(=O)c1cc2cnc(Nc3ccc(OCCN4CCCCC4)cn3)nc2n1C1CCCC1.Nc1ccc(OCCN2CCCCC2)cn1. The number of carbonyl (C=O) groups excluding carboxylic acids is 2. The number of likely N-dealkylation sites (tertiary alicyclic amines) is 2. The molecule has 8 heterocycles. The number of anilines is 3. The predicted octanol–water partition coefficient (Wildman–Crippen LogP) is 8.68.